The van der Waals surface area contributed by atoms with E-state index in [1.54, 1.807) is 6.07 Å². The Bertz CT molecular complexity index is 467. The van der Waals surface area contributed by atoms with Crippen molar-refractivity contribution in [3.05, 3.63) is 29.0 Å². The molecule has 2 nitrogen and oxygen atoms in total. The molecule has 0 saturated heterocycles. The molecule has 2 N–H and O–H groups in total. The van der Waals surface area contributed by atoms with E-state index >= 15 is 0 Å². The standard InChI is InChI=1S/C14H18ClFN2S/c1-9-4-2-3-5-13(9)18-14(19)17-10-6-7-12(16)11(15)8-10/h6-9,13H,2-5H2,1H3,(H2,17,18,19)/t9-,13+/m1/s1. The molecule has 1 aromatic carbocycles. The number of hydrogen-bond acceptors (Lipinski definition) is 1. The smallest absolute Gasteiger partial charge is 0.171 e. The van der Waals surface area contributed by atoms with Crippen LogP contribution in [0.4, 0.5) is 10.1 Å². The van der Waals surface area contributed by atoms with Gasteiger partial charge in [-0.05, 0) is 49.2 Å². The minimum absolute atomic E-state index is 0.0961. The van der Waals surface area contributed by atoms with Crippen molar-refractivity contribution in [3.8, 4) is 0 Å². The van der Waals surface area contributed by atoms with Gasteiger partial charge in [-0.15, -0.1) is 0 Å². The van der Waals surface area contributed by atoms with E-state index in [2.05, 4.69) is 17.6 Å². The molecule has 1 fully saturated rings. The van der Waals surface area contributed by atoms with E-state index in [1.807, 2.05) is 0 Å². The molecule has 0 unspecified atom stereocenters. The van der Waals surface area contributed by atoms with Gasteiger partial charge in [-0.2, -0.15) is 0 Å². The minimum atomic E-state index is -0.424. The minimum Gasteiger partial charge on any atom is -0.359 e. The van der Waals surface area contributed by atoms with Gasteiger partial charge in [0.15, 0.2) is 5.11 Å². The first kappa shape index (κ1) is 14.5. The lowest BCUT2D eigenvalue weighted by atomic mass is 9.86. The molecule has 1 saturated carbocycles. The fourth-order valence-corrected chi connectivity index (χ4v) is 2.89. The van der Waals surface area contributed by atoms with Crippen LogP contribution in [-0.2, 0) is 0 Å². The van der Waals surface area contributed by atoms with Gasteiger partial charge >= 0.3 is 0 Å². The second-order valence-corrected chi connectivity index (χ2v) is 5.91. The van der Waals surface area contributed by atoms with Crippen LogP contribution < -0.4 is 10.6 Å². The average Bonchev–Trinajstić information content (AvgIpc) is 2.37. The summed E-state index contributed by atoms with van der Waals surface area (Å²) in [5.41, 5.74) is 0.701. The zero-order valence-corrected chi connectivity index (χ0v) is 12.5. The molecule has 0 bridgehead atoms. The summed E-state index contributed by atoms with van der Waals surface area (Å²) in [6, 6.07) is 4.91. The van der Waals surface area contributed by atoms with Crippen molar-refractivity contribution in [2.45, 2.75) is 38.6 Å². The van der Waals surface area contributed by atoms with Gasteiger partial charge < -0.3 is 10.6 Å². The van der Waals surface area contributed by atoms with Crippen molar-refractivity contribution in [2.24, 2.45) is 5.92 Å². The molecule has 0 heterocycles. The van der Waals surface area contributed by atoms with Gasteiger partial charge in [-0.1, -0.05) is 31.4 Å². The first-order valence-electron chi connectivity index (χ1n) is 6.59. The summed E-state index contributed by atoms with van der Waals surface area (Å²) in [7, 11) is 0. The molecule has 19 heavy (non-hydrogen) atoms. The van der Waals surface area contributed by atoms with Crippen LogP contribution in [0.5, 0.6) is 0 Å². The van der Waals surface area contributed by atoms with Crippen molar-refractivity contribution in [3.63, 3.8) is 0 Å². The highest BCUT2D eigenvalue weighted by molar-refractivity contribution is 7.80. The van der Waals surface area contributed by atoms with Crippen LogP contribution in [0.1, 0.15) is 32.6 Å². The maximum Gasteiger partial charge on any atom is 0.171 e. The van der Waals surface area contributed by atoms with Gasteiger partial charge in [-0.25, -0.2) is 4.39 Å². The van der Waals surface area contributed by atoms with E-state index in [0.29, 0.717) is 22.8 Å². The molecule has 1 aromatic rings. The summed E-state index contributed by atoms with van der Waals surface area (Å²) in [6.45, 7) is 2.24. The van der Waals surface area contributed by atoms with Crippen molar-refractivity contribution < 1.29 is 4.39 Å². The van der Waals surface area contributed by atoms with Crippen molar-refractivity contribution in [1.82, 2.24) is 5.32 Å². The van der Waals surface area contributed by atoms with Crippen LogP contribution in [0.25, 0.3) is 0 Å². The lowest BCUT2D eigenvalue weighted by Crippen LogP contribution is -2.43. The number of anilines is 1. The first-order valence-corrected chi connectivity index (χ1v) is 7.37. The number of nitrogens with one attached hydrogen (secondary N) is 2. The number of thiocarbonyl (C=S) groups is 1. The van der Waals surface area contributed by atoms with Crippen LogP contribution in [-0.4, -0.2) is 11.2 Å². The Balaban J connectivity index is 1.91. The number of hydrogen-bond donors (Lipinski definition) is 2. The third-order valence-corrected chi connectivity index (χ3v) is 4.12. The van der Waals surface area contributed by atoms with Crippen molar-refractivity contribution in [2.75, 3.05) is 5.32 Å². The van der Waals surface area contributed by atoms with Gasteiger partial charge in [0.2, 0.25) is 0 Å². The Morgan fingerprint density at radius 2 is 2.11 bits per heavy atom. The molecule has 1 aliphatic carbocycles. The molecule has 5 heteroatoms. The molecule has 0 aromatic heterocycles. The zero-order chi connectivity index (χ0) is 13.8. The SMILES string of the molecule is C[C@@H]1CCCC[C@@H]1NC(=S)Nc1ccc(F)c(Cl)c1. The van der Waals surface area contributed by atoms with E-state index in [-0.39, 0.29) is 5.02 Å². The van der Waals surface area contributed by atoms with Crippen LogP contribution in [0, 0.1) is 11.7 Å². The maximum absolute atomic E-state index is 13.1. The highest BCUT2D eigenvalue weighted by Crippen LogP contribution is 2.24. The summed E-state index contributed by atoms with van der Waals surface area (Å²) >= 11 is 11.0. The molecule has 0 spiro atoms. The Hall–Kier alpha value is -0.870. The number of rotatable bonds is 2. The monoisotopic (exact) mass is 300 g/mol. The summed E-state index contributed by atoms with van der Waals surface area (Å²) in [5.74, 6) is 0.206. The maximum atomic E-state index is 13.1. The molecule has 2 rings (SSSR count). The molecule has 104 valence electrons. The van der Waals surface area contributed by atoms with Gasteiger partial charge in [0.25, 0.3) is 0 Å². The third-order valence-electron chi connectivity index (χ3n) is 3.61. The third kappa shape index (κ3) is 4.05. The predicted molar refractivity (Wildman–Crippen MR) is 82.2 cm³/mol. The van der Waals surface area contributed by atoms with Gasteiger partial charge in [-0.3, -0.25) is 0 Å². The highest BCUT2D eigenvalue weighted by atomic mass is 35.5. The fraction of sp³-hybridized carbons (Fsp3) is 0.500. The topological polar surface area (TPSA) is 24.1 Å². The molecular formula is C14H18ClFN2S. The van der Waals surface area contributed by atoms with E-state index in [9.17, 15) is 4.39 Å². The summed E-state index contributed by atoms with van der Waals surface area (Å²) in [5, 5.41) is 7.05. The molecule has 0 amide bonds. The zero-order valence-electron chi connectivity index (χ0n) is 10.9. The van der Waals surface area contributed by atoms with Crippen LogP contribution >= 0.6 is 23.8 Å². The summed E-state index contributed by atoms with van der Waals surface area (Å²) in [6.07, 6.45) is 4.93. The second-order valence-electron chi connectivity index (χ2n) is 5.10. The van der Waals surface area contributed by atoms with E-state index in [1.165, 1.54) is 31.4 Å². The Labute approximate surface area is 123 Å². The quantitative estimate of drug-likeness (QED) is 0.794. The predicted octanol–water partition coefficient (Wildman–Crippen LogP) is 4.34. The van der Waals surface area contributed by atoms with E-state index < -0.39 is 5.82 Å². The number of benzene rings is 1. The molecular weight excluding hydrogens is 283 g/mol. The van der Waals surface area contributed by atoms with E-state index in [0.717, 1.165) is 6.42 Å². The summed E-state index contributed by atoms with van der Waals surface area (Å²) in [4.78, 5) is 0. The molecule has 1 aliphatic rings. The highest BCUT2D eigenvalue weighted by Gasteiger charge is 2.21. The number of halogens is 2. The second kappa shape index (κ2) is 6.53. The van der Waals surface area contributed by atoms with Crippen LogP contribution in [0.15, 0.2) is 18.2 Å². The Morgan fingerprint density at radius 1 is 1.37 bits per heavy atom. The molecule has 0 radical (unpaired) electrons. The van der Waals surface area contributed by atoms with Crippen LogP contribution in [0.3, 0.4) is 0 Å². The lowest BCUT2D eigenvalue weighted by molar-refractivity contribution is 0.309. The fourth-order valence-electron chi connectivity index (χ4n) is 2.44. The molecule has 2 atom stereocenters. The lowest BCUT2D eigenvalue weighted by Gasteiger charge is -2.30. The molecule has 0 aliphatic heterocycles. The van der Waals surface area contributed by atoms with E-state index in [4.69, 9.17) is 23.8 Å². The van der Waals surface area contributed by atoms with Gasteiger partial charge in [0.05, 0.1) is 5.02 Å². The largest absolute Gasteiger partial charge is 0.359 e. The normalized spacial score (nSPS) is 22.9. The van der Waals surface area contributed by atoms with Crippen molar-refractivity contribution in [1.29, 1.82) is 0 Å². The Morgan fingerprint density at radius 3 is 2.79 bits per heavy atom. The average molecular weight is 301 g/mol. The van der Waals surface area contributed by atoms with Crippen molar-refractivity contribution >= 4 is 34.6 Å². The Kier molecular flexibility index (Phi) is 4.99. The first-order chi connectivity index (χ1) is 9.06. The van der Waals surface area contributed by atoms with Crippen LogP contribution in [0.2, 0.25) is 5.02 Å². The van der Waals surface area contributed by atoms with Gasteiger partial charge in [0, 0.05) is 11.7 Å². The summed E-state index contributed by atoms with van der Waals surface area (Å²) < 4.78 is 13.1. The van der Waals surface area contributed by atoms with Gasteiger partial charge in [0.1, 0.15) is 5.82 Å².